The smallest absolute Gasteiger partial charge is 0.268 e. The van der Waals surface area contributed by atoms with E-state index < -0.39 is 0 Å². The van der Waals surface area contributed by atoms with Crippen molar-refractivity contribution in [3.05, 3.63) is 34.2 Å². The van der Waals surface area contributed by atoms with Crippen molar-refractivity contribution in [3.8, 4) is 0 Å². The summed E-state index contributed by atoms with van der Waals surface area (Å²) in [7, 11) is 0. The van der Waals surface area contributed by atoms with E-state index in [9.17, 15) is 9.59 Å². The Morgan fingerprint density at radius 2 is 2.21 bits per heavy atom. The van der Waals surface area contributed by atoms with Gasteiger partial charge in [0.2, 0.25) is 5.56 Å². The number of rotatable bonds is 2. The molecule has 74 valence electrons. The summed E-state index contributed by atoms with van der Waals surface area (Å²) in [4.78, 5) is 24.9. The van der Waals surface area contributed by atoms with Crippen LogP contribution < -0.4 is 16.2 Å². The summed E-state index contributed by atoms with van der Waals surface area (Å²) in [5.74, 6) is -0.228. The molecule has 5 heteroatoms. The van der Waals surface area contributed by atoms with Crippen LogP contribution >= 0.6 is 0 Å². The van der Waals surface area contributed by atoms with Crippen LogP contribution in [0.5, 0.6) is 0 Å². The Morgan fingerprint density at radius 1 is 1.43 bits per heavy atom. The van der Waals surface area contributed by atoms with Crippen LogP contribution in [0.15, 0.2) is 23.0 Å². The zero-order valence-corrected chi connectivity index (χ0v) is 7.54. The van der Waals surface area contributed by atoms with Gasteiger partial charge in [0.15, 0.2) is 0 Å². The number of H-pyrrole nitrogens is 1. The molecule has 3 N–H and O–H groups in total. The lowest BCUT2D eigenvalue weighted by molar-refractivity contribution is 0.0918. The van der Waals surface area contributed by atoms with Crippen LogP contribution in [0.1, 0.15) is 10.5 Å². The fourth-order valence-electron chi connectivity index (χ4n) is 1.23. The number of aromatic amines is 1. The van der Waals surface area contributed by atoms with E-state index >= 15 is 0 Å². The molecule has 0 saturated carbocycles. The average molecular weight is 193 g/mol. The fourth-order valence-corrected chi connectivity index (χ4v) is 1.23. The number of carbonyl (C=O) groups is 1. The number of hydrogen-bond donors (Lipinski definition) is 3. The van der Waals surface area contributed by atoms with Crippen LogP contribution in [-0.2, 0) is 0 Å². The second-order valence-corrected chi connectivity index (χ2v) is 3.26. The van der Waals surface area contributed by atoms with E-state index in [2.05, 4.69) is 15.6 Å². The molecule has 0 spiro atoms. The van der Waals surface area contributed by atoms with Crippen molar-refractivity contribution in [3.63, 3.8) is 0 Å². The van der Waals surface area contributed by atoms with E-state index in [1.54, 1.807) is 12.1 Å². The molecule has 1 aliphatic rings. The lowest BCUT2D eigenvalue weighted by Gasteiger charge is -2.27. The minimum absolute atomic E-state index is 0.186. The Bertz CT molecular complexity index is 395. The highest BCUT2D eigenvalue weighted by molar-refractivity contribution is 5.92. The molecule has 1 amide bonds. The number of carbonyl (C=O) groups excluding carboxylic acids is 1. The number of aromatic nitrogens is 1. The van der Waals surface area contributed by atoms with Crippen LogP contribution in [0.4, 0.5) is 0 Å². The monoisotopic (exact) mass is 193 g/mol. The van der Waals surface area contributed by atoms with Gasteiger partial charge in [-0.15, -0.1) is 0 Å². The van der Waals surface area contributed by atoms with Gasteiger partial charge < -0.3 is 15.6 Å². The molecule has 14 heavy (non-hydrogen) atoms. The highest BCUT2D eigenvalue weighted by Crippen LogP contribution is 1.95. The van der Waals surface area contributed by atoms with Gasteiger partial charge in [-0.05, 0) is 6.07 Å². The third-order valence-corrected chi connectivity index (χ3v) is 2.13. The Kier molecular flexibility index (Phi) is 2.32. The molecular formula is C9H11N3O2. The molecule has 1 saturated heterocycles. The zero-order valence-electron chi connectivity index (χ0n) is 7.54. The maximum absolute atomic E-state index is 11.5. The third kappa shape index (κ3) is 1.82. The van der Waals surface area contributed by atoms with Gasteiger partial charge in [0, 0.05) is 19.2 Å². The highest BCUT2D eigenvalue weighted by Gasteiger charge is 2.19. The second kappa shape index (κ2) is 3.63. The Labute approximate surface area is 80.5 Å². The first-order valence-corrected chi connectivity index (χ1v) is 4.46. The minimum Gasteiger partial charge on any atom is -0.345 e. The summed E-state index contributed by atoms with van der Waals surface area (Å²) >= 11 is 0. The number of amides is 1. The molecule has 1 aliphatic heterocycles. The minimum atomic E-state index is -0.260. The van der Waals surface area contributed by atoms with Crippen LogP contribution in [-0.4, -0.2) is 30.0 Å². The summed E-state index contributed by atoms with van der Waals surface area (Å²) in [6.45, 7) is 1.59. The Balaban J connectivity index is 2.06. The van der Waals surface area contributed by atoms with Gasteiger partial charge in [-0.1, -0.05) is 6.07 Å². The maximum atomic E-state index is 11.5. The highest BCUT2D eigenvalue weighted by atomic mass is 16.2. The zero-order chi connectivity index (χ0) is 9.97. The molecule has 0 radical (unpaired) electrons. The molecule has 1 aromatic heterocycles. The summed E-state index contributed by atoms with van der Waals surface area (Å²) in [6.07, 6.45) is 0. The van der Waals surface area contributed by atoms with Crippen molar-refractivity contribution in [2.45, 2.75) is 6.04 Å². The number of nitrogens with one attached hydrogen (secondary N) is 3. The van der Waals surface area contributed by atoms with E-state index in [1.165, 1.54) is 6.07 Å². The molecule has 0 unspecified atom stereocenters. The first-order valence-electron chi connectivity index (χ1n) is 4.46. The van der Waals surface area contributed by atoms with Gasteiger partial charge in [-0.3, -0.25) is 9.59 Å². The van der Waals surface area contributed by atoms with Crippen LogP contribution in [0, 0.1) is 0 Å². The summed E-state index contributed by atoms with van der Waals surface area (Å²) in [5.41, 5.74) is 0.0498. The Hall–Kier alpha value is -1.62. The Morgan fingerprint density at radius 3 is 2.79 bits per heavy atom. The molecule has 0 aromatic carbocycles. The molecule has 2 rings (SSSR count). The third-order valence-electron chi connectivity index (χ3n) is 2.13. The SMILES string of the molecule is O=C(NC1CNC1)c1cccc(=O)[nH]1. The van der Waals surface area contributed by atoms with Gasteiger partial charge in [0.25, 0.3) is 5.91 Å². The van der Waals surface area contributed by atoms with Crippen LogP contribution in [0.25, 0.3) is 0 Å². The number of hydrogen-bond acceptors (Lipinski definition) is 3. The van der Waals surface area contributed by atoms with Crippen molar-refractivity contribution < 1.29 is 4.79 Å². The van der Waals surface area contributed by atoms with Crippen molar-refractivity contribution in [1.82, 2.24) is 15.6 Å². The molecule has 1 fully saturated rings. The maximum Gasteiger partial charge on any atom is 0.268 e. The van der Waals surface area contributed by atoms with Crippen LogP contribution in [0.2, 0.25) is 0 Å². The second-order valence-electron chi connectivity index (χ2n) is 3.26. The van der Waals surface area contributed by atoms with E-state index in [4.69, 9.17) is 0 Å². The van der Waals surface area contributed by atoms with Crippen molar-refractivity contribution in [2.24, 2.45) is 0 Å². The summed E-state index contributed by atoms with van der Waals surface area (Å²) < 4.78 is 0. The predicted molar refractivity (Wildman–Crippen MR) is 51.2 cm³/mol. The van der Waals surface area contributed by atoms with Crippen LogP contribution in [0.3, 0.4) is 0 Å². The normalized spacial score (nSPS) is 16.0. The molecule has 2 heterocycles. The summed E-state index contributed by atoms with van der Waals surface area (Å²) in [5, 5.41) is 5.83. The average Bonchev–Trinajstić information content (AvgIpc) is 2.11. The van der Waals surface area contributed by atoms with E-state index in [-0.39, 0.29) is 17.5 Å². The van der Waals surface area contributed by atoms with E-state index in [0.29, 0.717) is 5.69 Å². The lowest BCUT2D eigenvalue weighted by Crippen LogP contribution is -2.57. The first-order chi connectivity index (χ1) is 6.75. The van der Waals surface area contributed by atoms with Crippen molar-refractivity contribution in [2.75, 3.05) is 13.1 Å². The molecule has 5 nitrogen and oxygen atoms in total. The van der Waals surface area contributed by atoms with Gasteiger partial charge in [-0.25, -0.2) is 0 Å². The van der Waals surface area contributed by atoms with Gasteiger partial charge >= 0.3 is 0 Å². The fraction of sp³-hybridized carbons (Fsp3) is 0.333. The predicted octanol–water partition coefficient (Wildman–Crippen LogP) is -0.924. The largest absolute Gasteiger partial charge is 0.345 e. The molecular weight excluding hydrogens is 182 g/mol. The first kappa shape index (κ1) is 8.96. The standard InChI is InChI=1S/C9H11N3O2/c13-8-3-1-2-7(12-8)9(14)11-6-4-10-5-6/h1-3,6,10H,4-5H2,(H,11,14)(H,12,13). The van der Waals surface area contributed by atoms with Gasteiger partial charge in [0.05, 0.1) is 6.04 Å². The lowest BCUT2D eigenvalue weighted by atomic mass is 10.2. The molecule has 0 bridgehead atoms. The van der Waals surface area contributed by atoms with Crippen molar-refractivity contribution >= 4 is 5.91 Å². The molecule has 1 aromatic rings. The van der Waals surface area contributed by atoms with Gasteiger partial charge in [-0.2, -0.15) is 0 Å². The molecule has 0 aliphatic carbocycles. The van der Waals surface area contributed by atoms with Gasteiger partial charge in [0.1, 0.15) is 5.69 Å². The van der Waals surface area contributed by atoms with E-state index in [1.807, 2.05) is 0 Å². The van der Waals surface area contributed by atoms with E-state index in [0.717, 1.165) is 13.1 Å². The molecule has 0 atom stereocenters. The quantitative estimate of drug-likeness (QED) is 0.568. The summed E-state index contributed by atoms with van der Waals surface area (Å²) in [6, 6.07) is 4.71. The topological polar surface area (TPSA) is 74.0 Å². The van der Waals surface area contributed by atoms with Crippen molar-refractivity contribution in [1.29, 1.82) is 0 Å². The number of pyridine rings is 1.